The molecule has 0 saturated heterocycles. The summed E-state index contributed by atoms with van der Waals surface area (Å²) in [5.41, 5.74) is 0.932. The fraction of sp³-hybridized carbons (Fsp3) is 0.316. The molecule has 0 aliphatic rings. The predicted molar refractivity (Wildman–Crippen MR) is 92.5 cm³/mol. The molecule has 24 heavy (non-hydrogen) atoms. The highest BCUT2D eigenvalue weighted by Gasteiger charge is 2.15. The van der Waals surface area contributed by atoms with Crippen LogP contribution in [0.4, 0.5) is 0 Å². The maximum absolute atomic E-state index is 12.2. The van der Waals surface area contributed by atoms with Crippen molar-refractivity contribution >= 4 is 5.91 Å². The molecule has 128 valence electrons. The fourth-order valence-electron chi connectivity index (χ4n) is 2.20. The van der Waals surface area contributed by atoms with E-state index in [1.807, 2.05) is 43.3 Å². The molecule has 2 rings (SSSR count). The van der Waals surface area contributed by atoms with Crippen molar-refractivity contribution in [3.05, 3.63) is 54.1 Å². The predicted octanol–water partition coefficient (Wildman–Crippen LogP) is 3.18. The minimum absolute atomic E-state index is 0.191. The van der Waals surface area contributed by atoms with E-state index >= 15 is 0 Å². The summed E-state index contributed by atoms with van der Waals surface area (Å²) < 4.78 is 16.4. The lowest BCUT2D eigenvalue weighted by atomic mass is 10.2. The van der Waals surface area contributed by atoms with Crippen molar-refractivity contribution < 1.29 is 19.0 Å². The average Bonchev–Trinajstić information content (AvgIpc) is 2.61. The summed E-state index contributed by atoms with van der Waals surface area (Å²) in [6.07, 6.45) is -0.614. The normalized spacial score (nSPS) is 11.5. The van der Waals surface area contributed by atoms with Crippen LogP contribution in [-0.4, -0.2) is 25.7 Å². The minimum Gasteiger partial charge on any atom is -0.497 e. The van der Waals surface area contributed by atoms with Crippen LogP contribution in [0.2, 0.25) is 0 Å². The van der Waals surface area contributed by atoms with Crippen LogP contribution >= 0.6 is 0 Å². The number of benzene rings is 2. The monoisotopic (exact) mass is 329 g/mol. The second kappa shape index (κ2) is 8.82. The first-order valence-electron chi connectivity index (χ1n) is 7.93. The van der Waals surface area contributed by atoms with E-state index in [1.54, 1.807) is 26.2 Å². The van der Waals surface area contributed by atoms with Gasteiger partial charge in [-0.1, -0.05) is 24.3 Å². The second-order valence-corrected chi connectivity index (χ2v) is 5.20. The quantitative estimate of drug-likeness (QED) is 0.808. The summed E-state index contributed by atoms with van der Waals surface area (Å²) >= 11 is 0. The van der Waals surface area contributed by atoms with Crippen LogP contribution in [0.3, 0.4) is 0 Å². The Bertz CT molecular complexity index is 672. The standard InChI is InChI=1S/C19H23NO4/c1-4-23-18-11-6-5-8-15(18)13-20-19(21)14(2)24-17-10-7-9-16(12-17)22-3/h5-12,14H,4,13H2,1-3H3,(H,20,21). The summed E-state index contributed by atoms with van der Waals surface area (Å²) in [5, 5.41) is 2.87. The van der Waals surface area contributed by atoms with Crippen molar-refractivity contribution in [3.63, 3.8) is 0 Å². The van der Waals surface area contributed by atoms with E-state index < -0.39 is 6.10 Å². The molecule has 1 N–H and O–H groups in total. The SMILES string of the molecule is CCOc1ccccc1CNC(=O)C(C)Oc1cccc(OC)c1. The van der Waals surface area contributed by atoms with Gasteiger partial charge in [0.05, 0.1) is 13.7 Å². The van der Waals surface area contributed by atoms with Gasteiger partial charge in [-0.15, -0.1) is 0 Å². The molecule has 0 heterocycles. The molecule has 0 fully saturated rings. The van der Waals surface area contributed by atoms with Crippen molar-refractivity contribution in [1.82, 2.24) is 5.32 Å². The van der Waals surface area contributed by atoms with Gasteiger partial charge < -0.3 is 19.5 Å². The number of rotatable bonds is 8. The zero-order chi connectivity index (χ0) is 17.4. The van der Waals surface area contributed by atoms with E-state index in [0.717, 1.165) is 11.3 Å². The Morgan fingerprint density at radius 3 is 2.62 bits per heavy atom. The van der Waals surface area contributed by atoms with E-state index in [4.69, 9.17) is 14.2 Å². The van der Waals surface area contributed by atoms with E-state index in [2.05, 4.69) is 5.32 Å². The van der Waals surface area contributed by atoms with Crippen molar-refractivity contribution in [2.75, 3.05) is 13.7 Å². The molecule has 1 atom stereocenters. The number of amides is 1. The number of carbonyl (C=O) groups excluding carboxylic acids is 1. The van der Waals surface area contributed by atoms with Gasteiger partial charge in [-0.25, -0.2) is 0 Å². The Kier molecular flexibility index (Phi) is 6.49. The topological polar surface area (TPSA) is 56.8 Å². The number of para-hydroxylation sites is 1. The number of methoxy groups -OCH3 is 1. The van der Waals surface area contributed by atoms with Gasteiger partial charge in [0.25, 0.3) is 5.91 Å². The van der Waals surface area contributed by atoms with Crippen molar-refractivity contribution in [2.45, 2.75) is 26.5 Å². The van der Waals surface area contributed by atoms with Gasteiger partial charge >= 0.3 is 0 Å². The molecular weight excluding hydrogens is 306 g/mol. The number of ether oxygens (including phenoxy) is 3. The first kappa shape index (κ1) is 17.7. The Morgan fingerprint density at radius 1 is 1.12 bits per heavy atom. The van der Waals surface area contributed by atoms with Crippen molar-refractivity contribution in [3.8, 4) is 17.2 Å². The molecular formula is C19H23NO4. The molecule has 5 heteroatoms. The van der Waals surface area contributed by atoms with E-state index in [9.17, 15) is 4.79 Å². The number of carbonyl (C=O) groups is 1. The van der Waals surface area contributed by atoms with Crippen LogP contribution in [0.15, 0.2) is 48.5 Å². The third-order valence-corrected chi connectivity index (χ3v) is 3.45. The van der Waals surface area contributed by atoms with Crippen LogP contribution < -0.4 is 19.5 Å². The van der Waals surface area contributed by atoms with Crippen LogP contribution in [0.5, 0.6) is 17.2 Å². The fourth-order valence-corrected chi connectivity index (χ4v) is 2.20. The van der Waals surface area contributed by atoms with Gasteiger partial charge in [0.1, 0.15) is 17.2 Å². The lowest BCUT2D eigenvalue weighted by Crippen LogP contribution is -2.36. The molecule has 1 amide bonds. The summed E-state index contributed by atoms with van der Waals surface area (Å²) in [7, 11) is 1.59. The highest BCUT2D eigenvalue weighted by atomic mass is 16.5. The lowest BCUT2D eigenvalue weighted by Gasteiger charge is -2.16. The molecule has 0 spiro atoms. The van der Waals surface area contributed by atoms with Crippen LogP contribution in [-0.2, 0) is 11.3 Å². The van der Waals surface area contributed by atoms with Gasteiger partial charge in [0, 0.05) is 18.2 Å². The number of nitrogens with one attached hydrogen (secondary N) is 1. The minimum atomic E-state index is -0.614. The summed E-state index contributed by atoms with van der Waals surface area (Å²) in [4.78, 5) is 12.2. The molecule has 0 aromatic heterocycles. The van der Waals surface area contributed by atoms with Crippen LogP contribution in [0.1, 0.15) is 19.4 Å². The Hall–Kier alpha value is -2.69. The largest absolute Gasteiger partial charge is 0.497 e. The molecule has 0 aliphatic carbocycles. The van der Waals surface area contributed by atoms with Gasteiger partial charge in [-0.3, -0.25) is 4.79 Å². The second-order valence-electron chi connectivity index (χ2n) is 5.20. The first-order chi connectivity index (χ1) is 11.6. The molecule has 2 aromatic carbocycles. The van der Waals surface area contributed by atoms with Crippen LogP contribution in [0.25, 0.3) is 0 Å². The molecule has 0 bridgehead atoms. The zero-order valence-electron chi connectivity index (χ0n) is 14.2. The summed E-state index contributed by atoms with van der Waals surface area (Å²) in [6, 6.07) is 14.8. The Balaban J connectivity index is 1.92. The summed E-state index contributed by atoms with van der Waals surface area (Å²) in [6.45, 7) is 4.61. The van der Waals surface area contributed by atoms with Gasteiger partial charge in [-0.05, 0) is 32.0 Å². The van der Waals surface area contributed by atoms with E-state index in [-0.39, 0.29) is 5.91 Å². The summed E-state index contributed by atoms with van der Waals surface area (Å²) in [5.74, 6) is 1.86. The molecule has 0 radical (unpaired) electrons. The third kappa shape index (κ3) is 4.91. The molecule has 0 aliphatic heterocycles. The molecule has 5 nitrogen and oxygen atoms in total. The van der Waals surface area contributed by atoms with Crippen molar-refractivity contribution in [2.24, 2.45) is 0 Å². The van der Waals surface area contributed by atoms with E-state index in [1.165, 1.54) is 0 Å². The maximum atomic E-state index is 12.2. The Labute approximate surface area is 142 Å². The molecule has 1 unspecified atom stereocenters. The van der Waals surface area contributed by atoms with Gasteiger partial charge in [-0.2, -0.15) is 0 Å². The maximum Gasteiger partial charge on any atom is 0.261 e. The molecule has 0 saturated carbocycles. The first-order valence-corrected chi connectivity index (χ1v) is 7.93. The third-order valence-electron chi connectivity index (χ3n) is 3.45. The van der Waals surface area contributed by atoms with Gasteiger partial charge in [0.15, 0.2) is 6.10 Å². The van der Waals surface area contributed by atoms with Crippen molar-refractivity contribution in [1.29, 1.82) is 0 Å². The van der Waals surface area contributed by atoms with Gasteiger partial charge in [0.2, 0.25) is 0 Å². The molecule has 2 aromatic rings. The Morgan fingerprint density at radius 2 is 1.88 bits per heavy atom. The zero-order valence-corrected chi connectivity index (χ0v) is 14.2. The lowest BCUT2D eigenvalue weighted by molar-refractivity contribution is -0.127. The van der Waals surface area contributed by atoms with Crippen LogP contribution in [0, 0.1) is 0 Å². The number of hydrogen-bond acceptors (Lipinski definition) is 4. The number of hydrogen-bond donors (Lipinski definition) is 1. The highest BCUT2D eigenvalue weighted by molar-refractivity contribution is 5.80. The highest BCUT2D eigenvalue weighted by Crippen LogP contribution is 2.20. The smallest absolute Gasteiger partial charge is 0.261 e. The average molecular weight is 329 g/mol. The van der Waals surface area contributed by atoms with E-state index in [0.29, 0.717) is 24.7 Å².